The van der Waals surface area contributed by atoms with Crippen molar-refractivity contribution in [1.29, 1.82) is 0 Å². The van der Waals surface area contributed by atoms with Crippen LogP contribution in [0.1, 0.15) is 11.1 Å². The number of likely N-dealkylation sites (N-methyl/N-ethyl adjacent to an activating group) is 1. The van der Waals surface area contributed by atoms with Gasteiger partial charge in [-0.3, -0.25) is 9.59 Å². The molecule has 2 amide bonds. The molecular formula is C20H20N2O3. The van der Waals surface area contributed by atoms with Crippen LogP contribution in [0.5, 0.6) is 0 Å². The highest BCUT2D eigenvalue weighted by Gasteiger charge is 2.16. The Bertz CT molecular complexity index is 900. The van der Waals surface area contributed by atoms with E-state index in [0.29, 0.717) is 5.69 Å². The number of nitrogens with one attached hydrogen (secondary N) is 1. The van der Waals surface area contributed by atoms with Crippen molar-refractivity contribution < 1.29 is 14.0 Å². The molecule has 5 nitrogen and oxygen atoms in total. The zero-order valence-corrected chi connectivity index (χ0v) is 14.3. The van der Waals surface area contributed by atoms with Crippen LogP contribution in [-0.2, 0) is 16.0 Å². The normalized spacial score (nSPS) is 10.6. The molecule has 2 aromatic carbocycles. The van der Waals surface area contributed by atoms with Crippen LogP contribution in [0.3, 0.4) is 0 Å². The van der Waals surface area contributed by atoms with Crippen molar-refractivity contribution in [3.63, 3.8) is 0 Å². The molecule has 0 atom stereocenters. The fraction of sp³-hybridized carbons (Fsp3) is 0.200. The van der Waals surface area contributed by atoms with E-state index in [4.69, 9.17) is 4.42 Å². The van der Waals surface area contributed by atoms with E-state index in [1.54, 1.807) is 25.4 Å². The summed E-state index contributed by atoms with van der Waals surface area (Å²) >= 11 is 0. The van der Waals surface area contributed by atoms with E-state index in [9.17, 15) is 9.59 Å². The lowest BCUT2D eigenvalue weighted by Crippen LogP contribution is -2.35. The van der Waals surface area contributed by atoms with Gasteiger partial charge < -0.3 is 14.6 Å². The van der Waals surface area contributed by atoms with E-state index in [-0.39, 0.29) is 24.8 Å². The fourth-order valence-corrected chi connectivity index (χ4v) is 2.65. The van der Waals surface area contributed by atoms with Crippen LogP contribution in [0.25, 0.3) is 11.0 Å². The van der Waals surface area contributed by atoms with Gasteiger partial charge >= 0.3 is 0 Å². The predicted octanol–water partition coefficient (Wildman–Crippen LogP) is 3.38. The summed E-state index contributed by atoms with van der Waals surface area (Å²) in [5, 5.41) is 3.70. The molecule has 0 aliphatic rings. The van der Waals surface area contributed by atoms with Gasteiger partial charge in [-0.05, 0) is 30.7 Å². The molecule has 1 N–H and O–H groups in total. The summed E-state index contributed by atoms with van der Waals surface area (Å²) in [5.41, 5.74) is 3.42. The number of nitrogens with zero attached hydrogens (tertiary/aromatic N) is 1. The van der Waals surface area contributed by atoms with Crippen molar-refractivity contribution in [1.82, 2.24) is 4.90 Å². The zero-order valence-electron chi connectivity index (χ0n) is 14.3. The third-order valence-corrected chi connectivity index (χ3v) is 4.02. The molecule has 1 heterocycles. The minimum atomic E-state index is -0.227. The third-order valence-electron chi connectivity index (χ3n) is 4.02. The second kappa shape index (κ2) is 7.21. The van der Waals surface area contributed by atoms with E-state index in [0.717, 1.165) is 22.1 Å². The molecule has 0 spiro atoms. The van der Waals surface area contributed by atoms with E-state index in [1.807, 2.05) is 43.3 Å². The molecule has 25 heavy (non-hydrogen) atoms. The Hall–Kier alpha value is -3.08. The molecular weight excluding hydrogens is 316 g/mol. The van der Waals surface area contributed by atoms with E-state index >= 15 is 0 Å². The van der Waals surface area contributed by atoms with Gasteiger partial charge in [-0.25, -0.2) is 0 Å². The Labute approximate surface area is 146 Å². The quantitative estimate of drug-likeness (QED) is 0.777. The molecule has 1 aromatic heterocycles. The van der Waals surface area contributed by atoms with Crippen molar-refractivity contribution >= 4 is 28.5 Å². The maximum absolute atomic E-state index is 12.4. The lowest BCUT2D eigenvalue weighted by atomic mass is 10.1. The summed E-state index contributed by atoms with van der Waals surface area (Å²) < 4.78 is 5.52. The van der Waals surface area contributed by atoms with E-state index in [2.05, 4.69) is 5.32 Å². The molecule has 3 rings (SSSR count). The van der Waals surface area contributed by atoms with Crippen molar-refractivity contribution in [2.24, 2.45) is 0 Å². The van der Waals surface area contributed by atoms with E-state index < -0.39 is 0 Å². The number of anilines is 1. The number of benzene rings is 2. The second-order valence-electron chi connectivity index (χ2n) is 6.10. The molecule has 0 fully saturated rings. The van der Waals surface area contributed by atoms with Crippen LogP contribution in [0.4, 0.5) is 5.69 Å². The van der Waals surface area contributed by atoms with Crippen molar-refractivity contribution in [3.8, 4) is 0 Å². The standard InChI is InChI=1S/C20H20N2O3/c1-14-8-9-17-15(13-25-18(17)10-14)11-20(24)22(2)12-19(23)21-16-6-4-3-5-7-16/h3-10,13H,11-12H2,1-2H3,(H,21,23). The van der Waals surface area contributed by atoms with Crippen molar-refractivity contribution in [2.45, 2.75) is 13.3 Å². The number of aryl methyl sites for hydroxylation is 1. The third kappa shape index (κ3) is 4.07. The smallest absolute Gasteiger partial charge is 0.243 e. The topological polar surface area (TPSA) is 62.6 Å². The number of amides is 2. The Morgan fingerprint density at radius 2 is 1.88 bits per heavy atom. The van der Waals surface area contributed by atoms with Gasteiger partial charge in [0.2, 0.25) is 11.8 Å². The van der Waals surface area contributed by atoms with Crippen LogP contribution in [0.15, 0.2) is 59.2 Å². The highest BCUT2D eigenvalue weighted by molar-refractivity contribution is 5.95. The van der Waals surface area contributed by atoms with Crippen LogP contribution >= 0.6 is 0 Å². The fourth-order valence-electron chi connectivity index (χ4n) is 2.65. The van der Waals surface area contributed by atoms with Crippen LogP contribution in [0.2, 0.25) is 0 Å². The first-order chi connectivity index (χ1) is 12.0. The molecule has 0 saturated carbocycles. The zero-order chi connectivity index (χ0) is 17.8. The minimum absolute atomic E-state index is 0.00260. The van der Waals surface area contributed by atoms with Gasteiger partial charge in [-0.15, -0.1) is 0 Å². The monoisotopic (exact) mass is 336 g/mol. The lowest BCUT2D eigenvalue weighted by Gasteiger charge is -2.16. The number of hydrogen-bond acceptors (Lipinski definition) is 3. The summed E-state index contributed by atoms with van der Waals surface area (Å²) in [6.07, 6.45) is 1.81. The van der Waals surface area contributed by atoms with Gasteiger partial charge in [0.1, 0.15) is 5.58 Å². The average Bonchev–Trinajstić information content (AvgIpc) is 2.97. The van der Waals surface area contributed by atoms with Gasteiger partial charge in [-0.2, -0.15) is 0 Å². The Morgan fingerprint density at radius 1 is 1.12 bits per heavy atom. The molecule has 0 aliphatic heterocycles. The van der Waals surface area contributed by atoms with Gasteiger partial charge in [0, 0.05) is 23.7 Å². The average molecular weight is 336 g/mol. The first-order valence-electron chi connectivity index (χ1n) is 8.08. The first-order valence-corrected chi connectivity index (χ1v) is 8.08. The maximum Gasteiger partial charge on any atom is 0.243 e. The molecule has 3 aromatic rings. The molecule has 0 bridgehead atoms. The number of carbonyl (C=O) groups excluding carboxylic acids is 2. The second-order valence-corrected chi connectivity index (χ2v) is 6.10. The van der Waals surface area contributed by atoms with Gasteiger partial charge in [0.05, 0.1) is 19.2 Å². The molecule has 5 heteroatoms. The number of rotatable bonds is 5. The van der Waals surface area contributed by atoms with Crippen molar-refractivity contribution in [3.05, 3.63) is 65.9 Å². The Balaban J connectivity index is 1.61. The number of hydrogen-bond donors (Lipinski definition) is 1. The number of fused-ring (bicyclic) bond motifs is 1. The lowest BCUT2D eigenvalue weighted by molar-refractivity contribution is -0.132. The summed E-state index contributed by atoms with van der Waals surface area (Å²) in [7, 11) is 1.62. The van der Waals surface area contributed by atoms with Crippen molar-refractivity contribution in [2.75, 3.05) is 18.9 Å². The first kappa shape index (κ1) is 16.8. The summed E-state index contributed by atoms with van der Waals surface area (Å²) in [6.45, 7) is 1.99. The Morgan fingerprint density at radius 3 is 2.64 bits per heavy atom. The SMILES string of the molecule is Cc1ccc2c(CC(=O)N(C)CC(=O)Nc3ccccc3)coc2c1. The summed E-state index contributed by atoms with van der Waals surface area (Å²) in [4.78, 5) is 25.9. The number of furan rings is 1. The summed E-state index contributed by atoms with van der Waals surface area (Å²) in [6, 6.07) is 15.1. The van der Waals surface area contributed by atoms with Crippen LogP contribution < -0.4 is 5.32 Å². The van der Waals surface area contributed by atoms with Crippen LogP contribution in [0, 0.1) is 6.92 Å². The molecule has 0 aliphatic carbocycles. The number of carbonyl (C=O) groups is 2. The van der Waals surface area contributed by atoms with E-state index in [1.165, 1.54) is 4.90 Å². The largest absolute Gasteiger partial charge is 0.464 e. The molecule has 128 valence electrons. The maximum atomic E-state index is 12.4. The highest BCUT2D eigenvalue weighted by Crippen LogP contribution is 2.23. The van der Waals surface area contributed by atoms with Gasteiger partial charge in [0.25, 0.3) is 0 Å². The van der Waals surface area contributed by atoms with Gasteiger partial charge in [-0.1, -0.05) is 30.3 Å². The van der Waals surface area contributed by atoms with Crippen LogP contribution in [-0.4, -0.2) is 30.3 Å². The molecule has 0 saturated heterocycles. The molecule has 0 unspecified atom stereocenters. The minimum Gasteiger partial charge on any atom is -0.464 e. The highest BCUT2D eigenvalue weighted by atomic mass is 16.3. The summed E-state index contributed by atoms with van der Waals surface area (Å²) in [5.74, 6) is -0.360. The molecule has 0 radical (unpaired) electrons. The van der Waals surface area contributed by atoms with Gasteiger partial charge in [0.15, 0.2) is 0 Å². The number of para-hydroxylation sites is 1. The predicted molar refractivity (Wildman–Crippen MR) is 97.4 cm³/mol. The Kier molecular flexibility index (Phi) is 4.84.